The number of ketones is 1. The van der Waals surface area contributed by atoms with Gasteiger partial charge < -0.3 is 9.15 Å². The van der Waals surface area contributed by atoms with Gasteiger partial charge in [0.1, 0.15) is 17.3 Å². The molecule has 24 heavy (non-hydrogen) atoms. The molecule has 0 radical (unpaired) electrons. The second-order valence-corrected chi connectivity index (χ2v) is 5.47. The number of rotatable bonds is 5. The molecule has 0 amide bonds. The van der Waals surface area contributed by atoms with E-state index in [0.29, 0.717) is 17.1 Å². The molecule has 0 spiro atoms. The maximum absolute atomic E-state index is 12.2. The molecule has 0 N–H and O–H groups in total. The number of furan rings is 1. The molecule has 2 aromatic carbocycles. The highest BCUT2D eigenvalue weighted by molar-refractivity contribution is 6.06. The molecule has 0 saturated heterocycles. The van der Waals surface area contributed by atoms with Crippen LogP contribution in [0.2, 0.25) is 0 Å². The maximum Gasteiger partial charge on any atom is 0.185 e. The van der Waals surface area contributed by atoms with Gasteiger partial charge in [-0.2, -0.15) is 0 Å². The van der Waals surface area contributed by atoms with E-state index in [-0.39, 0.29) is 5.78 Å². The maximum atomic E-state index is 12.2. The zero-order chi connectivity index (χ0) is 16.9. The standard InChI is InChI=1S/C21H18O3/c1-15-7-9-16(10-8-15)19(22)13-11-17-12-14-21(24-17)18-5-3-4-6-20(18)23-2/h3-14H,1-2H3. The van der Waals surface area contributed by atoms with E-state index in [0.717, 1.165) is 16.9 Å². The van der Waals surface area contributed by atoms with Gasteiger partial charge in [-0.1, -0.05) is 42.0 Å². The molecule has 0 aliphatic heterocycles. The Balaban J connectivity index is 1.78. The van der Waals surface area contributed by atoms with Gasteiger partial charge >= 0.3 is 0 Å². The molecule has 0 saturated carbocycles. The number of carbonyl (C=O) groups is 1. The van der Waals surface area contributed by atoms with Crippen LogP contribution in [-0.2, 0) is 0 Å². The van der Waals surface area contributed by atoms with Gasteiger partial charge in [-0.25, -0.2) is 0 Å². The lowest BCUT2D eigenvalue weighted by atomic mass is 10.1. The van der Waals surface area contributed by atoms with Crippen molar-refractivity contribution in [3.05, 3.63) is 83.6 Å². The summed E-state index contributed by atoms with van der Waals surface area (Å²) in [6, 6.07) is 18.9. The molecular weight excluding hydrogens is 300 g/mol. The summed E-state index contributed by atoms with van der Waals surface area (Å²) in [6.45, 7) is 1.99. The van der Waals surface area contributed by atoms with E-state index in [1.165, 1.54) is 6.08 Å². The lowest BCUT2D eigenvalue weighted by molar-refractivity contribution is 0.104. The molecule has 0 bridgehead atoms. The first-order chi connectivity index (χ1) is 11.7. The molecular formula is C21H18O3. The van der Waals surface area contributed by atoms with Gasteiger partial charge in [-0.15, -0.1) is 0 Å². The van der Waals surface area contributed by atoms with E-state index < -0.39 is 0 Å². The monoisotopic (exact) mass is 318 g/mol. The van der Waals surface area contributed by atoms with Crippen LogP contribution in [0.4, 0.5) is 0 Å². The third-order valence-corrected chi connectivity index (χ3v) is 3.73. The predicted molar refractivity (Wildman–Crippen MR) is 95.2 cm³/mol. The number of aryl methyl sites for hydroxylation is 1. The van der Waals surface area contributed by atoms with Crippen LogP contribution in [-0.4, -0.2) is 12.9 Å². The average molecular weight is 318 g/mol. The molecule has 3 aromatic rings. The summed E-state index contributed by atoms with van der Waals surface area (Å²) in [7, 11) is 1.63. The third kappa shape index (κ3) is 3.46. The molecule has 0 unspecified atom stereocenters. The van der Waals surface area contributed by atoms with Crippen LogP contribution in [0.15, 0.2) is 71.2 Å². The van der Waals surface area contributed by atoms with E-state index in [1.807, 2.05) is 67.6 Å². The van der Waals surface area contributed by atoms with Crippen LogP contribution in [0, 0.1) is 6.92 Å². The Hall–Kier alpha value is -3.07. The van der Waals surface area contributed by atoms with Crippen molar-refractivity contribution in [3.8, 4) is 17.1 Å². The van der Waals surface area contributed by atoms with Crippen LogP contribution < -0.4 is 4.74 Å². The molecule has 0 aliphatic rings. The number of ether oxygens (including phenoxy) is 1. The highest BCUT2D eigenvalue weighted by atomic mass is 16.5. The van der Waals surface area contributed by atoms with Crippen molar-refractivity contribution >= 4 is 11.9 Å². The molecule has 0 fully saturated rings. The number of para-hydroxylation sites is 1. The van der Waals surface area contributed by atoms with Crippen LogP contribution in [0.25, 0.3) is 17.4 Å². The van der Waals surface area contributed by atoms with Gasteiger partial charge in [0, 0.05) is 5.56 Å². The first-order valence-electron chi connectivity index (χ1n) is 7.69. The molecule has 3 rings (SSSR count). The molecule has 1 heterocycles. The molecule has 120 valence electrons. The summed E-state index contributed by atoms with van der Waals surface area (Å²) >= 11 is 0. The fraction of sp³-hybridized carbons (Fsp3) is 0.0952. The Labute approximate surface area is 141 Å². The summed E-state index contributed by atoms with van der Waals surface area (Å²) < 4.78 is 11.1. The van der Waals surface area contributed by atoms with Crippen LogP contribution in [0.5, 0.6) is 5.75 Å². The van der Waals surface area contributed by atoms with Gasteiger partial charge in [0.2, 0.25) is 0 Å². The normalized spacial score (nSPS) is 10.9. The smallest absolute Gasteiger partial charge is 0.185 e. The minimum atomic E-state index is -0.0507. The fourth-order valence-corrected chi connectivity index (χ4v) is 2.41. The summed E-state index contributed by atoms with van der Waals surface area (Å²) in [4.78, 5) is 12.2. The van der Waals surface area contributed by atoms with E-state index in [9.17, 15) is 4.79 Å². The Morgan fingerprint density at radius 2 is 1.75 bits per heavy atom. The van der Waals surface area contributed by atoms with Crippen molar-refractivity contribution in [2.24, 2.45) is 0 Å². The van der Waals surface area contributed by atoms with E-state index >= 15 is 0 Å². The van der Waals surface area contributed by atoms with Crippen molar-refractivity contribution in [3.63, 3.8) is 0 Å². The van der Waals surface area contributed by atoms with Crippen LogP contribution in [0.1, 0.15) is 21.7 Å². The highest BCUT2D eigenvalue weighted by Crippen LogP contribution is 2.31. The lowest BCUT2D eigenvalue weighted by Gasteiger charge is -2.04. The summed E-state index contributed by atoms with van der Waals surface area (Å²) in [5.41, 5.74) is 2.67. The number of hydrogen-bond donors (Lipinski definition) is 0. The van der Waals surface area contributed by atoms with E-state index in [1.54, 1.807) is 13.2 Å². The summed E-state index contributed by atoms with van der Waals surface area (Å²) in [5.74, 6) is 2.02. The molecule has 1 aromatic heterocycles. The Bertz CT molecular complexity index is 870. The van der Waals surface area contributed by atoms with Crippen molar-refractivity contribution < 1.29 is 13.9 Å². The number of benzene rings is 2. The molecule has 0 atom stereocenters. The summed E-state index contributed by atoms with van der Waals surface area (Å²) in [6.07, 6.45) is 3.20. The van der Waals surface area contributed by atoms with Crippen LogP contribution >= 0.6 is 0 Å². The van der Waals surface area contributed by atoms with Crippen molar-refractivity contribution in [2.75, 3.05) is 7.11 Å². The number of hydrogen-bond acceptors (Lipinski definition) is 3. The fourth-order valence-electron chi connectivity index (χ4n) is 2.41. The Morgan fingerprint density at radius 3 is 2.50 bits per heavy atom. The molecule has 3 heteroatoms. The number of methoxy groups -OCH3 is 1. The number of allylic oxidation sites excluding steroid dienone is 1. The topological polar surface area (TPSA) is 39.4 Å². The van der Waals surface area contributed by atoms with Gasteiger partial charge in [-0.3, -0.25) is 4.79 Å². The van der Waals surface area contributed by atoms with E-state index in [4.69, 9.17) is 9.15 Å². The summed E-state index contributed by atoms with van der Waals surface area (Å²) in [5, 5.41) is 0. The Kier molecular flexibility index (Phi) is 4.62. The van der Waals surface area contributed by atoms with Gasteiger partial charge in [0.25, 0.3) is 0 Å². The lowest BCUT2D eigenvalue weighted by Crippen LogP contribution is -1.93. The van der Waals surface area contributed by atoms with Gasteiger partial charge in [-0.05, 0) is 43.3 Å². The van der Waals surface area contributed by atoms with Crippen molar-refractivity contribution in [1.29, 1.82) is 0 Å². The molecule has 3 nitrogen and oxygen atoms in total. The van der Waals surface area contributed by atoms with Crippen molar-refractivity contribution in [1.82, 2.24) is 0 Å². The quantitative estimate of drug-likeness (QED) is 0.482. The highest BCUT2D eigenvalue weighted by Gasteiger charge is 2.09. The first kappa shape index (κ1) is 15.8. The van der Waals surface area contributed by atoms with E-state index in [2.05, 4.69) is 0 Å². The first-order valence-corrected chi connectivity index (χ1v) is 7.69. The molecule has 0 aliphatic carbocycles. The second-order valence-electron chi connectivity index (χ2n) is 5.47. The SMILES string of the molecule is COc1ccccc1-c1ccc(C=CC(=O)c2ccc(C)cc2)o1. The third-order valence-electron chi connectivity index (χ3n) is 3.73. The zero-order valence-electron chi connectivity index (χ0n) is 13.7. The number of carbonyl (C=O) groups excluding carboxylic acids is 1. The minimum absolute atomic E-state index is 0.0507. The predicted octanol–water partition coefficient (Wildman–Crippen LogP) is 5.16. The Morgan fingerprint density at radius 1 is 1.00 bits per heavy atom. The van der Waals surface area contributed by atoms with Crippen LogP contribution in [0.3, 0.4) is 0 Å². The second kappa shape index (κ2) is 7.01. The van der Waals surface area contributed by atoms with Gasteiger partial charge in [0.15, 0.2) is 5.78 Å². The zero-order valence-corrected chi connectivity index (χ0v) is 13.7. The van der Waals surface area contributed by atoms with Gasteiger partial charge in [0.05, 0.1) is 12.7 Å². The average Bonchev–Trinajstić information content (AvgIpc) is 3.09. The largest absolute Gasteiger partial charge is 0.496 e. The van der Waals surface area contributed by atoms with Crippen molar-refractivity contribution in [2.45, 2.75) is 6.92 Å². The minimum Gasteiger partial charge on any atom is -0.496 e.